The van der Waals surface area contributed by atoms with Crippen molar-refractivity contribution in [3.63, 3.8) is 0 Å². The standard InChI is InChI=1S/C13H18FN/c1-9(2)15-13-7-11(8-13)10-4-3-5-12(14)6-10/h3-6,9,11,13,15H,7-8H2,1-2H3. The maximum atomic E-state index is 13.0. The van der Waals surface area contributed by atoms with Crippen molar-refractivity contribution in [1.82, 2.24) is 5.32 Å². The van der Waals surface area contributed by atoms with Crippen LogP contribution in [0.5, 0.6) is 0 Å². The molecule has 0 aliphatic heterocycles. The fourth-order valence-corrected chi connectivity index (χ4v) is 2.26. The number of hydrogen-bond donors (Lipinski definition) is 1. The molecule has 1 aliphatic carbocycles. The van der Waals surface area contributed by atoms with Gasteiger partial charge in [0.2, 0.25) is 0 Å². The molecule has 0 atom stereocenters. The van der Waals surface area contributed by atoms with E-state index in [1.807, 2.05) is 6.07 Å². The van der Waals surface area contributed by atoms with Crippen molar-refractivity contribution >= 4 is 0 Å². The molecule has 82 valence electrons. The topological polar surface area (TPSA) is 12.0 Å². The first-order valence-corrected chi connectivity index (χ1v) is 5.66. The molecule has 1 aromatic rings. The molecule has 2 heteroatoms. The minimum atomic E-state index is -0.118. The van der Waals surface area contributed by atoms with Crippen LogP contribution in [0.4, 0.5) is 4.39 Å². The smallest absolute Gasteiger partial charge is 0.123 e. The second-order valence-electron chi connectivity index (χ2n) is 4.74. The predicted octanol–water partition coefficient (Wildman–Crippen LogP) is 3.07. The highest BCUT2D eigenvalue weighted by molar-refractivity contribution is 5.23. The Kier molecular flexibility index (Phi) is 3.06. The van der Waals surface area contributed by atoms with Crippen LogP contribution in [0.3, 0.4) is 0 Å². The summed E-state index contributed by atoms with van der Waals surface area (Å²) in [6, 6.07) is 8.16. The Labute approximate surface area is 90.7 Å². The van der Waals surface area contributed by atoms with E-state index in [0.717, 1.165) is 18.4 Å². The van der Waals surface area contributed by atoms with Crippen LogP contribution >= 0.6 is 0 Å². The molecule has 0 saturated heterocycles. The largest absolute Gasteiger partial charge is 0.312 e. The molecule has 1 nitrogen and oxygen atoms in total. The zero-order chi connectivity index (χ0) is 10.8. The number of halogens is 1. The van der Waals surface area contributed by atoms with Gasteiger partial charge in [0.25, 0.3) is 0 Å². The highest BCUT2D eigenvalue weighted by Gasteiger charge is 2.30. The number of hydrogen-bond acceptors (Lipinski definition) is 1. The van der Waals surface area contributed by atoms with E-state index in [9.17, 15) is 4.39 Å². The van der Waals surface area contributed by atoms with Gasteiger partial charge in [0, 0.05) is 12.1 Å². The average Bonchev–Trinajstić information content (AvgIpc) is 2.10. The average molecular weight is 207 g/mol. The van der Waals surface area contributed by atoms with Gasteiger partial charge in [0.1, 0.15) is 5.82 Å². The second-order valence-corrected chi connectivity index (χ2v) is 4.74. The minimum Gasteiger partial charge on any atom is -0.312 e. The van der Waals surface area contributed by atoms with Gasteiger partial charge in [-0.05, 0) is 36.5 Å². The van der Waals surface area contributed by atoms with Gasteiger partial charge in [-0.3, -0.25) is 0 Å². The van der Waals surface area contributed by atoms with Gasteiger partial charge in [0.05, 0.1) is 0 Å². The monoisotopic (exact) mass is 207 g/mol. The Hall–Kier alpha value is -0.890. The molecule has 0 aromatic heterocycles. The molecule has 0 radical (unpaired) electrons. The Morgan fingerprint density at radius 1 is 1.33 bits per heavy atom. The van der Waals surface area contributed by atoms with Gasteiger partial charge in [-0.25, -0.2) is 4.39 Å². The summed E-state index contributed by atoms with van der Waals surface area (Å²) in [4.78, 5) is 0. The summed E-state index contributed by atoms with van der Waals surface area (Å²) >= 11 is 0. The molecule has 0 spiro atoms. The van der Waals surface area contributed by atoms with E-state index in [1.165, 1.54) is 6.07 Å². The van der Waals surface area contributed by atoms with E-state index < -0.39 is 0 Å². The lowest BCUT2D eigenvalue weighted by molar-refractivity contribution is 0.274. The highest BCUT2D eigenvalue weighted by atomic mass is 19.1. The third-order valence-electron chi connectivity index (χ3n) is 3.03. The van der Waals surface area contributed by atoms with Crippen LogP contribution in [0.2, 0.25) is 0 Å². The molecule has 1 N–H and O–H groups in total. The van der Waals surface area contributed by atoms with Crippen molar-refractivity contribution in [2.75, 3.05) is 0 Å². The molecule has 0 bridgehead atoms. The Morgan fingerprint density at radius 3 is 2.67 bits per heavy atom. The van der Waals surface area contributed by atoms with Crippen LogP contribution in [0.25, 0.3) is 0 Å². The molecule has 0 heterocycles. The molecule has 0 amide bonds. The zero-order valence-electron chi connectivity index (χ0n) is 9.33. The lowest BCUT2D eigenvalue weighted by Gasteiger charge is -2.37. The number of benzene rings is 1. The first-order chi connectivity index (χ1) is 7.15. The van der Waals surface area contributed by atoms with Gasteiger partial charge in [-0.2, -0.15) is 0 Å². The van der Waals surface area contributed by atoms with E-state index in [2.05, 4.69) is 19.2 Å². The van der Waals surface area contributed by atoms with Gasteiger partial charge >= 0.3 is 0 Å². The molecule has 1 fully saturated rings. The normalized spacial score (nSPS) is 25.3. The molecule has 15 heavy (non-hydrogen) atoms. The SMILES string of the molecule is CC(C)NC1CC(c2cccc(F)c2)C1. The van der Waals surface area contributed by atoms with Crippen molar-refractivity contribution in [3.8, 4) is 0 Å². The van der Waals surface area contributed by atoms with Crippen LogP contribution < -0.4 is 5.32 Å². The van der Waals surface area contributed by atoms with Crippen molar-refractivity contribution < 1.29 is 4.39 Å². The Balaban J connectivity index is 1.89. The lowest BCUT2D eigenvalue weighted by atomic mass is 9.75. The maximum absolute atomic E-state index is 13.0. The first-order valence-electron chi connectivity index (χ1n) is 5.66. The molecule has 0 unspecified atom stereocenters. The van der Waals surface area contributed by atoms with Crippen molar-refractivity contribution in [1.29, 1.82) is 0 Å². The Morgan fingerprint density at radius 2 is 2.07 bits per heavy atom. The summed E-state index contributed by atoms with van der Waals surface area (Å²) in [5.41, 5.74) is 1.15. The van der Waals surface area contributed by atoms with Gasteiger partial charge < -0.3 is 5.32 Å². The third-order valence-corrected chi connectivity index (χ3v) is 3.03. The Bertz CT molecular complexity index is 329. The maximum Gasteiger partial charge on any atom is 0.123 e. The fraction of sp³-hybridized carbons (Fsp3) is 0.538. The summed E-state index contributed by atoms with van der Waals surface area (Å²) < 4.78 is 13.0. The van der Waals surface area contributed by atoms with Crippen LogP contribution in [0.15, 0.2) is 24.3 Å². The summed E-state index contributed by atoms with van der Waals surface area (Å²) in [5, 5.41) is 3.50. The summed E-state index contributed by atoms with van der Waals surface area (Å²) in [5.74, 6) is 0.435. The van der Waals surface area contributed by atoms with E-state index in [4.69, 9.17) is 0 Å². The molecule has 1 saturated carbocycles. The van der Waals surface area contributed by atoms with Crippen molar-refractivity contribution in [2.24, 2.45) is 0 Å². The molecular formula is C13H18FN. The summed E-state index contributed by atoms with van der Waals surface area (Å²) in [6.45, 7) is 4.32. The quantitative estimate of drug-likeness (QED) is 0.803. The highest BCUT2D eigenvalue weighted by Crippen LogP contribution is 2.37. The van der Waals surface area contributed by atoms with Crippen molar-refractivity contribution in [2.45, 2.75) is 44.7 Å². The van der Waals surface area contributed by atoms with E-state index in [1.54, 1.807) is 12.1 Å². The van der Waals surface area contributed by atoms with E-state index in [-0.39, 0.29) is 5.82 Å². The van der Waals surface area contributed by atoms with Crippen molar-refractivity contribution in [3.05, 3.63) is 35.6 Å². The van der Waals surface area contributed by atoms with E-state index in [0.29, 0.717) is 18.0 Å². The lowest BCUT2D eigenvalue weighted by Crippen LogP contribution is -2.43. The minimum absolute atomic E-state index is 0.118. The van der Waals surface area contributed by atoms with Crippen LogP contribution in [-0.4, -0.2) is 12.1 Å². The first kappa shape index (κ1) is 10.6. The number of nitrogens with one attached hydrogen (secondary N) is 1. The molecule has 1 aromatic carbocycles. The number of rotatable bonds is 3. The van der Waals surface area contributed by atoms with Crippen LogP contribution in [-0.2, 0) is 0 Å². The molecule has 1 aliphatic rings. The summed E-state index contributed by atoms with van der Waals surface area (Å²) in [6.07, 6.45) is 2.28. The van der Waals surface area contributed by atoms with Gasteiger partial charge in [-0.1, -0.05) is 26.0 Å². The molecular weight excluding hydrogens is 189 g/mol. The van der Waals surface area contributed by atoms with Crippen LogP contribution in [0, 0.1) is 5.82 Å². The van der Waals surface area contributed by atoms with Gasteiger partial charge in [-0.15, -0.1) is 0 Å². The molecule has 2 rings (SSSR count). The second kappa shape index (κ2) is 4.31. The third kappa shape index (κ3) is 2.57. The fourth-order valence-electron chi connectivity index (χ4n) is 2.26. The van der Waals surface area contributed by atoms with E-state index >= 15 is 0 Å². The zero-order valence-corrected chi connectivity index (χ0v) is 9.33. The van der Waals surface area contributed by atoms with Crippen LogP contribution in [0.1, 0.15) is 38.2 Å². The van der Waals surface area contributed by atoms with Gasteiger partial charge in [0.15, 0.2) is 0 Å². The summed E-state index contributed by atoms with van der Waals surface area (Å²) in [7, 11) is 0. The predicted molar refractivity (Wildman–Crippen MR) is 60.4 cm³/mol.